The molecule has 6 heteroatoms. The first kappa shape index (κ1) is 14.3. The molecular weight excluding hydrogens is 284 g/mol. The highest BCUT2D eigenvalue weighted by Crippen LogP contribution is 2.30. The van der Waals surface area contributed by atoms with E-state index >= 15 is 0 Å². The zero-order chi connectivity index (χ0) is 15.9. The maximum absolute atomic E-state index is 11.9. The molecule has 0 N–H and O–H groups in total. The number of hydrogen-bond acceptors (Lipinski definition) is 4. The van der Waals surface area contributed by atoms with E-state index in [9.17, 15) is 14.4 Å². The summed E-state index contributed by atoms with van der Waals surface area (Å²) < 4.78 is 8.18. The lowest BCUT2D eigenvalue weighted by Gasteiger charge is -2.13. The number of ether oxygens (including phenoxy) is 1. The summed E-state index contributed by atoms with van der Waals surface area (Å²) in [5.74, 6) is 0.762. The van der Waals surface area contributed by atoms with E-state index in [0.717, 1.165) is 10.1 Å². The Morgan fingerprint density at radius 1 is 1.09 bits per heavy atom. The minimum Gasteiger partial charge on any atom is -0.487 e. The quantitative estimate of drug-likeness (QED) is 0.840. The Labute approximate surface area is 126 Å². The van der Waals surface area contributed by atoms with Gasteiger partial charge < -0.3 is 4.74 Å². The van der Waals surface area contributed by atoms with Gasteiger partial charge in [0.1, 0.15) is 12.4 Å². The summed E-state index contributed by atoms with van der Waals surface area (Å²) >= 11 is 0. The van der Waals surface area contributed by atoms with Crippen molar-refractivity contribution in [2.75, 3.05) is 0 Å². The van der Waals surface area contributed by atoms with E-state index in [-0.39, 0.29) is 23.6 Å². The Hall–Kier alpha value is -2.63. The van der Waals surface area contributed by atoms with E-state index in [2.05, 4.69) is 0 Å². The number of nitrogens with zero attached hydrogens (tertiary/aromatic N) is 2. The fourth-order valence-electron chi connectivity index (χ4n) is 2.66. The molecule has 2 aromatic rings. The third-order valence-corrected chi connectivity index (χ3v) is 4.04. The average Bonchev–Trinajstić information content (AvgIpc) is 2.90. The molecular formula is C16H16N2O4. The van der Waals surface area contributed by atoms with Crippen LogP contribution >= 0.6 is 0 Å². The van der Waals surface area contributed by atoms with Crippen LogP contribution in [-0.4, -0.2) is 14.9 Å². The number of benzene rings is 1. The van der Waals surface area contributed by atoms with Crippen LogP contribution in [-0.2, 0) is 27.1 Å². The Morgan fingerprint density at radius 2 is 1.86 bits per heavy atom. The summed E-state index contributed by atoms with van der Waals surface area (Å²) in [6.07, 6.45) is 1.17. The number of carbonyl (C=O) groups excluding carboxylic acids is 1. The molecule has 0 saturated carbocycles. The normalized spacial score (nSPS) is 13.3. The predicted molar refractivity (Wildman–Crippen MR) is 80.3 cm³/mol. The molecule has 0 saturated heterocycles. The third-order valence-electron chi connectivity index (χ3n) is 4.04. The smallest absolute Gasteiger partial charge is 0.330 e. The van der Waals surface area contributed by atoms with Gasteiger partial charge in [-0.1, -0.05) is 12.1 Å². The van der Waals surface area contributed by atoms with E-state index < -0.39 is 0 Å². The van der Waals surface area contributed by atoms with Gasteiger partial charge >= 0.3 is 5.69 Å². The van der Waals surface area contributed by atoms with Gasteiger partial charge in [0, 0.05) is 37.7 Å². The number of aromatic nitrogens is 2. The van der Waals surface area contributed by atoms with Gasteiger partial charge in [0.15, 0.2) is 5.78 Å². The van der Waals surface area contributed by atoms with Crippen molar-refractivity contribution in [1.29, 1.82) is 0 Å². The van der Waals surface area contributed by atoms with Crippen molar-refractivity contribution in [1.82, 2.24) is 9.13 Å². The molecule has 1 aliphatic rings. The molecule has 0 atom stereocenters. The van der Waals surface area contributed by atoms with Gasteiger partial charge in [0.25, 0.3) is 5.56 Å². The molecule has 0 bridgehead atoms. The van der Waals surface area contributed by atoms with Crippen molar-refractivity contribution in [2.45, 2.75) is 19.4 Å². The highest BCUT2D eigenvalue weighted by atomic mass is 16.5. The van der Waals surface area contributed by atoms with Gasteiger partial charge in [-0.05, 0) is 12.5 Å². The lowest BCUT2D eigenvalue weighted by Crippen LogP contribution is -2.38. The molecule has 0 fully saturated rings. The van der Waals surface area contributed by atoms with E-state index in [1.807, 2.05) is 0 Å². The molecule has 0 unspecified atom stereocenters. The maximum Gasteiger partial charge on any atom is 0.330 e. The Balaban J connectivity index is 1.90. The van der Waals surface area contributed by atoms with Crippen LogP contribution in [0.15, 0.2) is 33.9 Å². The van der Waals surface area contributed by atoms with Crippen LogP contribution in [0.4, 0.5) is 0 Å². The standard InChI is InChI=1S/C16H16N2O4/c1-17-10(8-15(20)18(2)16(17)21)9-22-14-5-3-4-11-12(14)6-7-13(11)19/h3-5,8H,6-7,9H2,1-2H3. The number of hydrogen-bond donors (Lipinski definition) is 0. The Kier molecular flexibility index (Phi) is 3.44. The molecule has 6 nitrogen and oxygen atoms in total. The topological polar surface area (TPSA) is 70.3 Å². The zero-order valence-corrected chi connectivity index (χ0v) is 12.5. The van der Waals surface area contributed by atoms with Crippen molar-refractivity contribution in [3.8, 4) is 5.75 Å². The number of Topliss-reactive ketones (excluding diaryl/α,β-unsaturated/α-hetero) is 1. The van der Waals surface area contributed by atoms with E-state index in [0.29, 0.717) is 29.8 Å². The van der Waals surface area contributed by atoms with Crippen LogP contribution in [0.5, 0.6) is 5.75 Å². The number of fused-ring (bicyclic) bond motifs is 1. The second-order valence-electron chi connectivity index (χ2n) is 5.37. The van der Waals surface area contributed by atoms with Crippen LogP contribution in [0.25, 0.3) is 0 Å². The van der Waals surface area contributed by atoms with Gasteiger partial charge in [0.05, 0.1) is 5.69 Å². The second-order valence-corrected chi connectivity index (χ2v) is 5.37. The fraction of sp³-hybridized carbons (Fsp3) is 0.312. The molecule has 0 radical (unpaired) electrons. The van der Waals surface area contributed by atoms with Crippen LogP contribution in [0, 0.1) is 0 Å². The number of carbonyl (C=O) groups is 1. The Bertz CT molecular complexity index is 877. The first-order valence-electron chi connectivity index (χ1n) is 7.03. The largest absolute Gasteiger partial charge is 0.487 e. The first-order valence-corrected chi connectivity index (χ1v) is 7.03. The molecule has 0 aliphatic heterocycles. The molecule has 1 aromatic heterocycles. The third kappa shape index (κ3) is 2.26. The number of ketones is 1. The van der Waals surface area contributed by atoms with Crippen molar-refractivity contribution in [3.63, 3.8) is 0 Å². The minimum atomic E-state index is -0.389. The molecule has 3 rings (SSSR count). The lowest BCUT2D eigenvalue weighted by molar-refractivity contribution is 0.0994. The van der Waals surface area contributed by atoms with Crippen LogP contribution in [0.1, 0.15) is 28.0 Å². The van der Waals surface area contributed by atoms with Gasteiger partial charge in [-0.15, -0.1) is 0 Å². The zero-order valence-electron chi connectivity index (χ0n) is 12.5. The molecule has 1 aromatic carbocycles. The second kappa shape index (κ2) is 5.29. The Morgan fingerprint density at radius 3 is 2.64 bits per heavy atom. The highest BCUT2D eigenvalue weighted by Gasteiger charge is 2.22. The minimum absolute atomic E-state index is 0.104. The van der Waals surface area contributed by atoms with Gasteiger partial charge in [-0.25, -0.2) is 4.79 Å². The van der Waals surface area contributed by atoms with Crippen molar-refractivity contribution in [3.05, 3.63) is 61.9 Å². The summed E-state index contributed by atoms with van der Waals surface area (Å²) in [5.41, 5.74) is 1.35. The van der Waals surface area contributed by atoms with Crippen LogP contribution < -0.4 is 16.0 Å². The molecule has 1 heterocycles. The fourth-order valence-corrected chi connectivity index (χ4v) is 2.66. The maximum atomic E-state index is 11.9. The summed E-state index contributed by atoms with van der Waals surface area (Å²) in [4.78, 5) is 35.3. The van der Waals surface area contributed by atoms with E-state index in [1.54, 1.807) is 25.2 Å². The highest BCUT2D eigenvalue weighted by molar-refractivity contribution is 6.01. The average molecular weight is 300 g/mol. The predicted octanol–water partition coefficient (Wildman–Crippen LogP) is 0.792. The van der Waals surface area contributed by atoms with Gasteiger partial charge in [0.2, 0.25) is 0 Å². The monoisotopic (exact) mass is 300 g/mol. The molecule has 22 heavy (non-hydrogen) atoms. The molecule has 0 amide bonds. The SMILES string of the molecule is Cn1c(COc2cccc3c2CCC3=O)cc(=O)n(C)c1=O. The number of rotatable bonds is 3. The molecule has 114 valence electrons. The van der Waals surface area contributed by atoms with Crippen molar-refractivity contribution >= 4 is 5.78 Å². The van der Waals surface area contributed by atoms with Crippen molar-refractivity contribution < 1.29 is 9.53 Å². The summed E-state index contributed by atoms with van der Waals surface area (Å²) in [6, 6.07) is 6.76. The molecule has 1 aliphatic carbocycles. The van der Waals surface area contributed by atoms with Crippen LogP contribution in [0.3, 0.4) is 0 Å². The van der Waals surface area contributed by atoms with Crippen LogP contribution in [0.2, 0.25) is 0 Å². The first-order chi connectivity index (χ1) is 10.5. The van der Waals surface area contributed by atoms with Crippen molar-refractivity contribution in [2.24, 2.45) is 14.1 Å². The lowest BCUT2D eigenvalue weighted by atomic mass is 10.1. The van der Waals surface area contributed by atoms with E-state index in [1.165, 1.54) is 17.7 Å². The van der Waals surface area contributed by atoms with Gasteiger partial charge in [-0.3, -0.25) is 18.7 Å². The molecule has 0 spiro atoms. The summed E-state index contributed by atoms with van der Waals surface area (Å²) in [5, 5.41) is 0. The van der Waals surface area contributed by atoms with Gasteiger partial charge in [-0.2, -0.15) is 0 Å². The van der Waals surface area contributed by atoms with E-state index in [4.69, 9.17) is 4.74 Å². The summed E-state index contributed by atoms with van der Waals surface area (Å²) in [6.45, 7) is 0.104. The summed E-state index contributed by atoms with van der Waals surface area (Å²) in [7, 11) is 3.03.